The summed E-state index contributed by atoms with van der Waals surface area (Å²) >= 11 is 5.07. The molecule has 0 amide bonds. The molecule has 0 fully saturated rings. The number of thiophene rings is 1. The molecule has 3 heteroatoms. The molecule has 1 heterocycles. The highest BCUT2D eigenvalue weighted by Gasteiger charge is 2.03. The Morgan fingerprint density at radius 2 is 2.14 bits per heavy atom. The molecule has 0 aliphatic rings. The molecular formula is C11H8BrFS. The van der Waals surface area contributed by atoms with Gasteiger partial charge in [0.05, 0.1) is 0 Å². The molecule has 0 saturated carbocycles. The second-order valence-electron chi connectivity index (χ2n) is 2.99. The molecule has 0 bridgehead atoms. The van der Waals surface area contributed by atoms with E-state index in [1.165, 1.54) is 17.0 Å². The van der Waals surface area contributed by atoms with E-state index in [1.807, 2.05) is 17.5 Å². The van der Waals surface area contributed by atoms with E-state index in [2.05, 4.69) is 22.0 Å². The molecule has 1 aromatic heterocycles. The van der Waals surface area contributed by atoms with Crippen LogP contribution in [-0.2, 0) is 6.42 Å². The lowest BCUT2D eigenvalue weighted by Crippen LogP contribution is -1.87. The lowest BCUT2D eigenvalue weighted by Gasteiger charge is -2.02. The second-order valence-corrected chi connectivity index (χ2v) is 4.88. The molecule has 14 heavy (non-hydrogen) atoms. The highest BCUT2D eigenvalue weighted by molar-refractivity contribution is 9.10. The van der Waals surface area contributed by atoms with Gasteiger partial charge in [0.1, 0.15) is 5.82 Å². The molecular weight excluding hydrogens is 263 g/mol. The summed E-state index contributed by atoms with van der Waals surface area (Å²) in [5.41, 5.74) is 1.12. The topological polar surface area (TPSA) is 0 Å². The molecule has 2 aromatic rings. The van der Waals surface area contributed by atoms with Gasteiger partial charge in [-0.05, 0) is 29.1 Å². The van der Waals surface area contributed by atoms with E-state index in [4.69, 9.17) is 0 Å². The summed E-state index contributed by atoms with van der Waals surface area (Å²) in [7, 11) is 0. The van der Waals surface area contributed by atoms with Crippen LogP contribution in [0.25, 0.3) is 0 Å². The molecule has 0 aliphatic carbocycles. The van der Waals surface area contributed by atoms with Gasteiger partial charge in [0, 0.05) is 15.8 Å². The van der Waals surface area contributed by atoms with E-state index < -0.39 is 0 Å². The Kier molecular flexibility index (Phi) is 2.99. The van der Waals surface area contributed by atoms with Crippen molar-refractivity contribution in [3.8, 4) is 0 Å². The standard InChI is InChI=1S/C11H8BrFS/c12-11-7-9(13)4-3-8(11)6-10-2-1-5-14-10/h1-5,7H,6H2. The molecule has 0 atom stereocenters. The summed E-state index contributed by atoms with van der Waals surface area (Å²) < 4.78 is 13.6. The average Bonchev–Trinajstić information content (AvgIpc) is 2.62. The Hall–Kier alpha value is -0.670. The van der Waals surface area contributed by atoms with Crippen molar-refractivity contribution in [2.75, 3.05) is 0 Å². The SMILES string of the molecule is Fc1ccc(Cc2cccs2)c(Br)c1. The van der Waals surface area contributed by atoms with Crippen molar-refractivity contribution >= 4 is 27.3 Å². The molecule has 0 saturated heterocycles. The van der Waals surface area contributed by atoms with Crippen LogP contribution in [0.15, 0.2) is 40.2 Å². The summed E-state index contributed by atoms with van der Waals surface area (Å²) in [4.78, 5) is 1.29. The maximum atomic E-state index is 12.8. The van der Waals surface area contributed by atoms with Gasteiger partial charge in [0.15, 0.2) is 0 Å². The highest BCUT2D eigenvalue weighted by atomic mass is 79.9. The van der Waals surface area contributed by atoms with Gasteiger partial charge in [-0.25, -0.2) is 4.39 Å². The van der Waals surface area contributed by atoms with Crippen LogP contribution in [-0.4, -0.2) is 0 Å². The number of rotatable bonds is 2. The van der Waals surface area contributed by atoms with Crippen LogP contribution in [0.3, 0.4) is 0 Å². The third kappa shape index (κ3) is 2.22. The van der Waals surface area contributed by atoms with Crippen LogP contribution in [0.4, 0.5) is 4.39 Å². The van der Waals surface area contributed by atoms with Gasteiger partial charge < -0.3 is 0 Å². The van der Waals surface area contributed by atoms with Gasteiger partial charge in [-0.15, -0.1) is 11.3 Å². The number of hydrogen-bond acceptors (Lipinski definition) is 1. The van der Waals surface area contributed by atoms with Gasteiger partial charge >= 0.3 is 0 Å². The lowest BCUT2D eigenvalue weighted by atomic mass is 10.1. The summed E-state index contributed by atoms with van der Waals surface area (Å²) in [5, 5.41) is 2.05. The summed E-state index contributed by atoms with van der Waals surface area (Å²) in [6, 6.07) is 8.92. The summed E-state index contributed by atoms with van der Waals surface area (Å²) in [6.45, 7) is 0. The minimum atomic E-state index is -0.202. The number of hydrogen-bond donors (Lipinski definition) is 0. The molecule has 0 aliphatic heterocycles. The lowest BCUT2D eigenvalue weighted by molar-refractivity contribution is 0.626. The van der Waals surface area contributed by atoms with Crippen LogP contribution in [0.5, 0.6) is 0 Å². The predicted molar refractivity (Wildman–Crippen MR) is 61.2 cm³/mol. The zero-order valence-electron chi connectivity index (χ0n) is 7.34. The fourth-order valence-electron chi connectivity index (χ4n) is 1.27. The van der Waals surface area contributed by atoms with Crippen molar-refractivity contribution in [2.45, 2.75) is 6.42 Å². The Bertz CT molecular complexity index is 423. The van der Waals surface area contributed by atoms with Crippen LogP contribution in [0.1, 0.15) is 10.4 Å². The molecule has 72 valence electrons. The second kappa shape index (κ2) is 4.24. The van der Waals surface area contributed by atoms with E-state index in [0.717, 1.165) is 16.5 Å². The quantitative estimate of drug-likeness (QED) is 0.766. The molecule has 0 nitrogen and oxygen atoms in total. The van der Waals surface area contributed by atoms with Gasteiger partial charge in [-0.3, -0.25) is 0 Å². The van der Waals surface area contributed by atoms with Crippen molar-refractivity contribution in [3.63, 3.8) is 0 Å². The summed E-state index contributed by atoms with van der Waals surface area (Å²) in [5.74, 6) is -0.202. The molecule has 0 unspecified atom stereocenters. The van der Waals surface area contributed by atoms with E-state index >= 15 is 0 Å². The normalized spacial score (nSPS) is 10.4. The van der Waals surface area contributed by atoms with Crippen LogP contribution >= 0.6 is 27.3 Å². The van der Waals surface area contributed by atoms with Crippen molar-refractivity contribution < 1.29 is 4.39 Å². The maximum absolute atomic E-state index is 12.8. The monoisotopic (exact) mass is 270 g/mol. The van der Waals surface area contributed by atoms with Crippen molar-refractivity contribution in [2.24, 2.45) is 0 Å². The largest absolute Gasteiger partial charge is 0.207 e. The first-order chi connectivity index (χ1) is 6.75. The Labute approximate surface area is 94.5 Å². The van der Waals surface area contributed by atoms with Crippen LogP contribution < -0.4 is 0 Å². The molecule has 0 spiro atoms. The van der Waals surface area contributed by atoms with Gasteiger partial charge in [-0.2, -0.15) is 0 Å². The third-order valence-electron chi connectivity index (χ3n) is 1.96. The average molecular weight is 271 g/mol. The van der Waals surface area contributed by atoms with E-state index in [0.29, 0.717) is 0 Å². The van der Waals surface area contributed by atoms with E-state index in [1.54, 1.807) is 11.3 Å². The molecule has 0 radical (unpaired) electrons. The van der Waals surface area contributed by atoms with Crippen molar-refractivity contribution in [1.82, 2.24) is 0 Å². The van der Waals surface area contributed by atoms with Crippen molar-refractivity contribution in [1.29, 1.82) is 0 Å². The van der Waals surface area contributed by atoms with Crippen molar-refractivity contribution in [3.05, 3.63) is 56.4 Å². The fourth-order valence-corrected chi connectivity index (χ4v) is 2.48. The zero-order chi connectivity index (χ0) is 9.97. The minimum absolute atomic E-state index is 0.202. The maximum Gasteiger partial charge on any atom is 0.124 e. The Balaban J connectivity index is 2.25. The first-order valence-electron chi connectivity index (χ1n) is 4.22. The van der Waals surface area contributed by atoms with Crippen LogP contribution in [0.2, 0.25) is 0 Å². The summed E-state index contributed by atoms with van der Waals surface area (Å²) in [6.07, 6.45) is 0.860. The molecule has 0 N–H and O–H groups in total. The van der Waals surface area contributed by atoms with Gasteiger partial charge in [-0.1, -0.05) is 28.1 Å². The number of benzene rings is 1. The predicted octanol–water partition coefficient (Wildman–Crippen LogP) is 4.24. The van der Waals surface area contributed by atoms with Gasteiger partial charge in [0.2, 0.25) is 0 Å². The molecule has 2 rings (SSSR count). The van der Waals surface area contributed by atoms with Crippen LogP contribution in [0, 0.1) is 5.82 Å². The van der Waals surface area contributed by atoms with E-state index in [-0.39, 0.29) is 5.82 Å². The first-order valence-corrected chi connectivity index (χ1v) is 5.89. The Morgan fingerprint density at radius 1 is 1.29 bits per heavy atom. The minimum Gasteiger partial charge on any atom is -0.207 e. The first kappa shape index (κ1) is 9.87. The fraction of sp³-hybridized carbons (Fsp3) is 0.0909. The van der Waals surface area contributed by atoms with Gasteiger partial charge in [0.25, 0.3) is 0 Å². The smallest absolute Gasteiger partial charge is 0.124 e. The highest BCUT2D eigenvalue weighted by Crippen LogP contribution is 2.22. The van der Waals surface area contributed by atoms with E-state index in [9.17, 15) is 4.39 Å². The Morgan fingerprint density at radius 3 is 2.79 bits per heavy atom. The number of halogens is 2. The molecule has 1 aromatic carbocycles. The zero-order valence-corrected chi connectivity index (χ0v) is 9.74. The third-order valence-corrected chi connectivity index (χ3v) is 3.57.